The Morgan fingerprint density at radius 1 is 1.42 bits per heavy atom. The van der Waals surface area contributed by atoms with E-state index >= 15 is 0 Å². The number of hydrogen-bond acceptors (Lipinski definition) is 2. The summed E-state index contributed by atoms with van der Waals surface area (Å²) < 4.78 is 6.14. The molecular weight excluding hydrogens is 220 g/mol. The molecule has 1 N–H and O–H groups in total. The van der Waals surface area contributed by atoms with E-state index in [4.69, 9.17) is 4.42 Å². The lowest BCUT2D eigenvalue weighted by molar-refractivity contribution is 0.0211. The molecule has 1 aliphatic rings. The zero-order valence-electron chi connectivity index (χ0n) is 6.72. The molecule has 0 atom stereocenters. The van der Waals surface area contributed by atoms with E-state index in [0.717, 1.165) is 30.2 Å². The first-order chi connectivity index (χ1) is 5.72. The minimum Gasteiger partial charge on any atom is -0.465 e. The Bertz CT molecular complexity index is 274. The number of aliphatic hydroxyl groups is 1. The van der Waals surface area contributed by atoms with Crippen molar-refractivity contribution in [2.75, 3.05) is 0 Å². The first-order valence-electron chi connectivity index (χ1n) is 4.18. The second-order valence-corrected chi connectivity index (χ2v) is 4.19. The number of rotatable bonds is 1. The monoisotopic (exact) mass is 230 g/mol. The van der Waals surface area contributed by atoms with Crippen molar-refractivity contribution in [3.63, 3.8) is 0 Å². The molecule has 66 valence electrons. The lowest BCUT2D eigenvalue weighted by atomic mass is 10.00. The van der Waals surface area contributed by atoms with Crippen molar-refractivity contribution in [1.82, 2.24) is 0 Å². The zero-order chi connectivity index (χ0) is 8.60. The van der Waals surface area contributed by atoms with Gasteiger partial charge in [0, 0.05) is 0 Å². The van der Waals surface area contributed by atoms with Crippen LogP contribution in [0.2, 0.25) is 0 Å². The van der Waals surface area contributed by atoms with Crippen LogP contribution >= 0.6 is 15.9 Å². The predicted molar refractivity (Wildman–Crippen MR) is 48.8 cm³/mol. The van der Waals surface area contributed by atoms with Gasteiger partial charge in [0.2, 0.25) is 0 Å². The molecule has 1 aromatic heterocycles. The van der Waals surface area contributed by atoms with Crippen LogP contribution in [0.4, 0.5) is 0 Å². The van der Waals surface area contributed by atoms with Gasteiger partial charge in [0.1, 0.15) is 11.4 Å². The van der Waals surface area contributed by atoms with Crippen molar-refractivity contribution in [1.29, 1.82) is 0 Å². The Morgan fingerprint density at radius 2 is 2.08 bits per heavy atom. The van der Waals surface area contributed by atoms with E-state index in [2.05, 4.69) is 15.9 Å². The minimum absolute atomic E-state index is 0.694. The highest BCUT2D eigenvalue weighted by molar-refractivity contribution is 9.10. The van der Waals surface area contributed by atoms with Crippen molar-refractivity contribution in [2.24, 2.45) is 0 Å². The highest BCUT2D eigenvalue weighted by Gasteiger charge is 2.37. The quantitative estimate of drug-likeness (QED) is 0.806. The topological polar surface area (TPSA) is 33.4 Å². The molecule has 2 nitrogen and oxygen atoms in total. The molecule has 0 aromatic carbocycles. The van der Waals surface area contributed by atoms with Crippen LogP contribution in [0.1, 0.15) is 31.4 Å². The third-order valence-corrected chi connectivity index (χ3v) is 3.10. The van der Waals surface area contributed by atoms with Crippen molar-refractivity contribution in [3.8, 4) is 0 Å². The van der Waals surface area contributed by atoms with Gasteiger partial charge in [0.15, 0.2) is 0 Å². The van der Waals surface area contributed by atoms with E-state index in [1.807, 2.05) is 6.07 Å². The summed E-state index contributed by atoms with van der Waals surface area (Å²) in [4.78, 5) is 0. The molecule has 0 bridgehead atoms. The highest BCUT2D eigenvalue weighted by atomic mass is 79.9. The summed E-state index contributed by atoms with van der Waals surface area (Å²) >= 11 is 3.36. The van der Waals surface area contributed by atoms with Gasteiger partial charge in [-0.15, -0.1) is 0 Å². The summed E-state index contributed by atoms with van der Waals surface area (Å²) in [5.74, 6) is 0.694. The van der Waals surface area contributed by atoms with E-state index < -0.39 is 5.60 Å². The van der Waals surface area contributed by atoms with E-state index in [9.17, 15) is 5.11 Å². The van der Waals surface area contributed by atoms with Crippen molar-refractivity contribution >= 4 is 15.9 Å². The maximum absolute atomic E-state index is 10.1. The second-order valence-electron chi connectivity index (χ2n) is 3.34. The van der Waals surface area contributed by atoms with Crippen LogP contribution in [0, 0.1) is 0 Å². The SMILES string of the molecule is OC1(c2occc2Br)CCCC1. The molecule has 1 saturated carbocycles. The summed E-state index contributed by atoms with van der Waals surface area (Å²) in [5, 5.41) is 10.1. The van der Waals surface area contributed by atoms with Gasteiger partial charge < -0.3 is 9.52 Å². The fourth-order valence-corrected chi connectivity index (χ4v) is 2.38. The van der Waals surface area contributed by atoms with Gasteiger partial charge in [0.25, 0.3) is 0 Å². The highest BCUT2D eigenvalue weighted by Crippen LogP contribution is 2.41. The molecule has 2 rings (SSSR count). The number of halogens is 1. The fourth-order valence-electron chi connectivity index (χ4n) is 1.81. The summed E-state index contributed by atoms with van der Waals surface area (Å²) in [6.45, 7) is 0. The number of furan rings is 1. The van der Waals surface area contributed by atoms with Crippen LogP contribution in [0.3, 0.4) is 0 Å². The molecule has 1 fully saturated rings. The largest absolute Gasteiger partial charge is 0.465 e. The third kappa shape index (κ3) is 1.21. The van der Waals surface area contributed by atoms with Crippen LogP contribution in [0.15, 0.2) is 21.2 Å². The lowest BCUT2D eigenvalue weighted by Crippen LogP contribution is -2.20. The normalized spacial score (nSPS) is 21.5. The lowest BCUT2D eigenvalue weighted by Gasteiger charge is -2.19. The molecule has 12 heavy (non-hydrogen) atoms. The molecule has 0 aliphatic heterocycles. The Balaban J connectivity index is 2.34. The maximum atomic E-state index is 10.1. The molecule has 0 radical (unpaired) electrons. The van der Waals surface area contributed by atoms with Gasteiger partial charge in [-0.05, 0) is 47.7 Å². The van der Waals surface area contributed by atoms with Gasteiger partial charge in [-0.3, -0.25) is 0 Å². The summed E-state index contributed by atoms with van der Waals surface area (Å²) in [6.07, 6.45) is 5.42. The van der Waals surface area contributed by atoms with Crippen molar-refractivity contribution in [2.45, 2.75) is 31.3 Å². The van der Waals surface area contributed by atoms with Crippen LogP contribution < -0.4 is 0 Å². The molecule has 1 aromatic rings. The maximum Gasteiger partial charge on any atom is 0.149 e. The first kappa shape index (κ1) is 8.32. The standard InChI is InChI=1S/C9H11BrO2/c10-7-3-6-12-8(7)9(11)4-1-2-5-9/h3,6,11H,1-2,4-5H2. The fraction of sp³-hybridized carbons (Fsp3) is 0.556. The van der Waals surface area contributed by atoms with Crippen molar-refractivity contribution in [3.05, 3.63) is 22.6 Å². The molecule has 3 heteroatoms. The average Bonchev–Trinajstić information content (AvgIpc) is 2.59. The van der Waals surface area contributed by atoms with E-state index in [1.165, 1.54) is 0 Å². The summed E-state index contributed by atoms with van der Waals surface area (Å²) in [7, 11) is 0. The van der Waals surface area contributed by atoms with Crippen LogP contribution in [-0.2, 0) is 5.60 Å². The second kappa shape index (κ2) is 2.89. The minimum atomic E-state index is -0.706. The van der Waals surface area contributed by atoms with Gasteiger partial charge in [-0.1, -0.05) is 0 Å². The van der Waals surface area contributed by atoms with Gasteiger partial charge in [0.05, 0.1) is 10.7 Å². The average molecular weight is 231 g/mol. The molecule has 0 spiro atoms. The molecular formula is C9H11BrO2. The third-order valence-electron chi connectivity index (χ3n) is 2.47. The predicted octanol–water partition coefficient (Wildman–Crippen LogP) is 2.80. The summed E-state index contributed by atoms with van der Waals surface area (Å²) in [5.41, 5.74) is -0.706. The number of hydrogen-bond donors (Lipinski definition) is 1. The molecule has 1 aliphatic carbocycles. The Hall–Kier alpha value is -0.280. The van der Waals surface area contributed by atoms with Gasteiger partial charge >= 0.3 is 0 Å². The molecule has 0 amide bonds. The van der Waals surface area contributed by atoms with Crippen LogP contribution in [0.5, 0.6) is 0 Å². The van der Waals surface area contributed by atoms with Crippen LogP contribution in [0.25, 0.3) is 0 Å². The smallest absolute Gasteiger partial charge is 0.149 e. The van der Waals surface area contributed by atoms with Gasteiger partial charge in [-0.2, -0.15) is 0 Å². The Kier molecular flexibility index (Phi) is 2.00. The molecule has 0 saturated heterocycles. The summed E-state index contributed by atoms with van der Waals surface area (Å²) in [6, 6.07) is 1.83. The van der Waals surface area contributed by atoms with Crippen molar-refractivity contribution < 1.29 is 9.52 Å². The zero-order valence-corrected chi connectivity index (χ0v) is 8.30. The van der Waals surface area contributed by atoms with E-state index in [1.54, 1.807) is 6.26 Å². The van der Waals surface area contributed by atoms with E-state index in [0.29, 0.717) is 5.76 Å². The van der Waals surface area contributed by atoms with Crippen LogP contribution in [-0.4, -0.2) is 5.11 Å². The first-order valence-corrected chi connectivity index (χ1v) is 4.97. The van der Waals surface area contributed by atoms with E-state index in [-0.39, 0.29) is 0 Å². The van der Waals surface area contributed by atoms with Gasteiger partial charge in [-0.25, -0.2) is 0 Å². The molecule has 0 unspecified atom stereocenters. The Labute approximate surface area is 79.7 Å². The molecule has 1 heterocycles. The Morgan fingerprint density at radius 3 is 2.58 bits per heavy atom.